The molecule has 0 aliphatic carbocycles. The highest BCUT2D eigenvalue weighted by Gasteiger charge is 2.39. The van der Waals surface area contributed by atoms with Crippen molar-refractivity contribution in [2.75, 3.05) is 0 Å². The third-order valence-corrected chi connectivity index (χ3v) is 5.55. The van der Waals surface area contributed by atoms with Crippen molar-refractivity contribution in [3.63, 3.8) is 0 Å². The fourth-order valence-electron chi connectivity index (χ4n) is 3.39. The first-order valence-corrected chi connectivity index (χ1v) is 10.9. The molecular formula is C23H20ClF6N4O3. The van der Waals surface area contributed by atoms with Crippen LogP contribution in [0.15, 0.2) is 53.3 Å². The topological polar surface area (TPSA) is 89.2 Å². The molecule has 1 radical (unpaired) electrons. The van der Waals surface area contributed by atoms with Crippen LogP contribution >= 0.6 is 11.6 Å². The van der Waals surface area contributed by atoms with Gasteiger partial charge in [0.25, 0.3) is 0 Å². The summed E-state index contributed by atoms with van der Waals surface area (Å²) in [5.74, 6) is -1.17. The number of nitrogens with zero attached hydrogens (tertiary/aromatic N) is 3. The Hall–Kier alpha value is -3.32. The number of carbonyl (C=O) groups excluding carboxylic acids is 1. The Morgan fingerprint density at radius 2 is 1.70 bits per heavy atom. The SMILES string of the molecule is [CH2][C@](C)(NC(=O)Cn1nc(-c2ccc(Cl)cc2)n(C[C@H](O)C(F)(F)F)c1=O)c1cccc(C(F)(F)F)c1. The predicted octanol–water partition coefficient (Wildman–Crippen LogP) is 4.17. The Morgan fingerprint density at radius 3 is 2.27 bits per heavy atom. The fraction of sp³-hybridized carbons (Fsp3) is 0.304. The summed E-state index contributed by atoms with van der Waals surface area (Å²) >= 11 is 5.83. The third kappa shape index (κ3) is 6.72. The molecule has 0 unspecified atom stereocenters. The molecule has 0 fully saturated rings. The zero-order valence-corrected chi connectivity index (χ0v) is 19.8. The predicted molar refractivity (Wildman–Crippen MR) is 121 cm³/mol. The van der Waals surface area contributed by atoms with E-state index in [1.54, 1.807) is 0 Å². The molecule has 2 N–H and O–H groups in total. The molecule has 199 valence electrons. The van der Waals surface area contributed by atoms with Gasteiger partial charge in [-0.15, -0.1) is 5.10 Å². The van der Waals surface area contributed by atoms with Gasteiger partial charge in [0.05, 0.1) is 17.6 Å². The minimum Gasteiger partial charge on any atom is -0.382 e. The summed E-state index contributed by atoms with van der Waals surface area (Å²) in [5, 5.41) is 16.2. The molecule has 2 atom stereocenters. The normalized spacial score (nSPS) is 13.5. The van der Waals surface area contributed by atoms with Crippen molar-refractivity contribution < 1.29 is 36.2 Å². The van der Waals surface area contributed by atoms with Crippen LogP contribution in [0.5, 0.6) is 0 Å². The molecule has 37 heavy (non-hydrogen) atoms. The summed E-state index contributed by atoms with van der Waals surface area (Å²) < 4.78 is 79.2. The zero-order chi connectivity index (χ0) is 27.8. The third-order valence-electron chi connectivity index (χ3n) is 5.29. The maximum atomic E-state index is 13.1. The second-order valence-corrected chi connectivity index (χ2v) is 8.83. The number of alkyl halides is 6. The minimum absolute atomic E-state index is 0.0173. The maximum absolute atomic E-state index is 13.1. The van der Waals surface area contributed by atoms with Gasteiger partial charge in [0, 0.05) is 10.6 Å². The van der Waals surface area contributed by atoms with Gasteiger partial charge in [0.2, 0.25) is 5.91 Å². The van der Waals surface area contributed by atoms with E-state index in [4.69, 9.17) is 11.6 Å². The average Bonchev–Trinajstić information content (AvgIpc) is 3.08. The van der Waals surface area contributed by atoms with E-state index in [1.807, 2.05) is 0 Å². The highest BCUT2D eigenvalue weighted by Crippen LogP contribution is 2.32. The Balaban J connectivity index is 1.91. The van der Waals surface area contributed by atoms with Crippen LogP contribution in [0, 0.1) is 6.92 Å². The molecule has 3 rings (SSSR count). The average molecular weight is 550 g/mol. The highest BCUT2D eigenvalue weighted by molar-refractivity contribution is 6.30. The minimum atomic E-state index is -5.03. The standard InChI is InChI=1S/C23H20ClF6N4O3/c1-21(2,14-4-3-5-15(10-14)22(25,26)27)31-18(36)12-34-20(37)33(11-17(35)23(28,29)30)19(32-34)13-6-8-16(24)9-7-13/h3-10,17,35H,1,11-12H2,2H3,(H,31,36)/t17-,21+/m0/s1. The molecule has 0 bridgehead atoms. The summed E-state index contributed by atoms with van der Waals surface area (Å²) in [4.78, 5) is 25.5. The molecule has 14 heteroatoms. The van der Waals surface area contributed by atoms with E-state index in [0.29, 0.717) is 14.3 Å². The molecule has 0 saturated heterocycles. The van der Waals surface area contributed by atoms with Crippen molar-refractivity contribution in [2.45, 2.75) is 44.0 Å². The van der Waals surface area contributed by atoms with Gasteiger partial charge in [0.1, 0.15) is 6.54 Å². The number of nitrogens with one attached hydrogen (secondary N) is 1. The molecule has 0 saturated carbocycles. The second kappa shape index (κ2) is 10.2. The van der Waals surface area contributed by atoms with Gasteiger partial charge < -0.3 is 10.4 Å². The summed E-state index contributed by atoms with van der Waals surface area (Å²) in [6.45, 7) is 3.08. The number of aliphatic hydroxyl groups excluding tert-OH is 1. The van der Waals surface area contributed by atoms with Gasteiger partial charge in [-0.1, -0.05) is 23.7 Å². The quantitative estimate of drug-likeness (QED) is 0.433. The molecule has 7 nitrogen and oxygen atoms in total. The van der Waals surface area contributed by atoms with E-state index in [1.165, 1.54) is 37.3 Å². The molecule has 1 amide bonds. The Morgan fingerprint density at radius 1 is 1.11 bits per heavy atom. The lowest BCUT2D eigenvalue weighted by atomic mass is 9.92. The number of aromatic nitrogens is 3. The van der Waals surface area contributed by atoms with Crippen molar-refractivity contribution >= 4 is 17.5 Å². The number of hydrogen-bond acceptors (Lipinski definition) is 4. The van der Waals surface area contributed by atoms with Gasteiger partial charge >= 0.3 is 18.0 Å². The number of carbonyl (C=O) groups is 1. The molecule has 2 aromatic carbocycles. The molecule has 1 heterocycles. The van der Waals surface area contributed by atoms with Crippen LogP contribution in [-0.2, 0) is 29.6 Å². The van der Waals surface area contributed by atoms with E-state index in [9.17, 15) is 41.0 Å². The number of amides is 1. The van der Waals surface area contributed by atoms with Gasteiger partial charge in [-0.3, -0.25) is 9.36 Å². The maximum Gasteiger partial charge on any atom is 0.416 e. The summed E-state index contributed by atoms with van der Waals surface area (Å²) in [7, 11) is 0. The van der Waals surface area contributed by atoms with Crippen LogP contribution in [0.25, 0.3) is 11.4 Å². The van der Waals surface area contributed by atoms with E-state index >= 15 is 0 Å². The van der Waals surface area contributed by atoms with Crippen molar-refractivity contribution in [3.8, 4) is 11.4 Å². The largest absolute Gasteiger partial charge is 0.416 e. The van der Waals surface area contributed by atoms with Crippen molar-refractivity contribution in [3.05, 3.63) is 82.1 Å². The Bertz CT molecular complexity index is 1330. The molecule has 0 aliphatic rings. The van der Waals surface area contributed by atoms with E-state index in [-0.39, 0.29) is 17.0 Å². The lowest BCUT2D eigenvalue weighted by molar-refractivity contribution is -0.207. The first-order valence-electron chi connectivity index (χ1n) is 10.5. The number of benzene rings is 2. The van der Waals surface area contributed by atoms with Crippen molar-refractivity contribution in [2.24, 2.45) is 0 Å². The van der Waals surface area contributed by atoms with Crippen molar-refractivity contribution in [1.82, 2.24) is 19.7 Å². The first-order chi connectivity index (χ1) is 17.0. The second-order valence-electron chi connectivity index (χ2n) is 8.40. The van der Waals surface area contributed by atoms with Crippen LogP contribution in [0.4, 0.5) is 26.3 Å². The van der Waals surface area contributed by atoms with Crippen LogP contribution in [0.1, 0.15) is 18.1 Å². The number of aliphatic hydroxyl groups is 1. The van der Waals surface area contributed by atoms with Gasteiger partial charge in [-0.25, -0.2) is 9.48 Å². The fourth-order valence-corrected chi connectivity index (χ4v) is 3.52. The van der Waals surface area contributed by atoms with Crippen LogP contribution in [0.2, 0.25) is 5.02 Å². The van der Waals surface area contributed by atoms with Gasteiger partial charge in [0.15, 0.2) is 11.9 Å². The highest BCUT2D eigenvalue weighted by atomic mass is 35.5. The van der Waals surface area contributed by atoms with Crippen LogP contribution in [-0.4, -0.2) is 37.6 Å². The smallest absolute Gasteiger partial charge is 0.382 e. The lowest BCUT2D eigenvalue weighted by Crippen LogP contribution is -2.44. The van der Waals surface area contributed by atoms with Gasteiger partial charge in [-0.05, 0) is 55.8 Å². The Kier molecular flexibility index (Phi) is 7.80. The summed E-state index contributed by atoms with van der Waals surface area (Å²) in [5.41, 5.74) is -3.45. The van der Waals surface area contributed by atoms with Crippen LogP contribution in [0.3, 0.4) is 0 Å². The first kappa shape index (κ1) is 28.3. The van der Waals surface area contributed by atoms with Crippen molar-refractivity contribution in [1.29, 1.82) is 0 Å². The number of rotatable bonds is 7. The lowest BCUT2D eigenvalue weighted by Gasteiger charge is -2.27. The zero-order valence-electron chi connectivity index (χ0n) is 19.1. The molecule has 3 aromatic rings. The van der Waals surface area contributed by atoms with Gasteiger partial charge in [-0.2, -0.15) is 26.3 Å². The monoisotopic (exact) mass is 549 g/mol. The Labute approximate surface area is 211 Å². The molecule has 0 aliphatic heterocycles. The van der Waals surface area contributed by atoms with E-state index in [0.717, 1.165) is 18.2 Å². The van der Waals surface area contributed by atoms with E-state index in [2.05, 4.69) is 17.3 Å². The summed E-state index contributed by atoms with van der Waals surface area (Å²) in [6.07, 6.45) is -12.6. The summed E-state index contributed by atoms with van der Waals surface area (Å²) in [6, 6.07) is 9.69. The molecular weight excluding hydrogens is 530 g/mol. The molecule has 1 aromatic heterocycles. The molecule has 0 spiro atoms. The van der Waals surface area contributed by atoms with Crippen LogP contribution < -0.4 is 11.0 Å². The van der Waals surface area contributed by atoms with E-state index < -0.39 is 54.2 Å². The number of hydrogen-bond donors (Lipinski definition) is 2. The number of halogens is 7.